The summed E-state index contributed by atoms with van der Waals surface area (Å²) in [6, 6.07) is 5.30. The Morgan fingerprint density at radius 3 is 2.50 bits per heavy atom. The number of ketones is 1. The zero-order chi connectivity index (χ0) is 12.3. The number of carbonyl (C=O) groups is 1. The van der Waals surface area contributed by atoms with Crippen LogP contribution in [0.15, 0.2) is 18.2 Å². The summed E-state index contributed by atoms with van der Waals surface area (Å²) in [5, 5.41) is 0.613. The average Bonchev–Trinajstić information content (AvgIpc) is 2.17. The van der Waals surface area contributed by atoms with Crippen molar-refractivity contribution < 1.29 is 9.53 Å². The molecule has 0 heterocycles. The molecule has 0 amide bonds. The fourth-order valence-corrected chi connectivity index (χ4v) is 1.31. The molecule has 0 atom stereocenters. The van der Waals surface area contributed by atoms with Gasteiger partial charge in [0.15, 0.2) is 5.78 Å². The Morgan fingerprint density at radius 2 is 2.00 bits per heavy atom. The molecule has 3 heteroatoms. The van der Waals surface area contributed by atoms with E-state index in [1.807, 2.05) is 33.8 Å². The molecule has 1 aromatic carbocycles. The molecule has 0 spiro atoms. The molecule has 16 heavy (non-hydrogen) atoms. The molecule has 0 aliphatic rings. The molecule has 0 aromatic heterocycles. The first-order chi connectivity index (χ1) is 7.29. The number of halogens is 1. The van der Waals surface area contributed by atoms with Crippen molar-refractivity contribution in [2.75, 3.05) is 6.61 Å². The Kier molecular flexibility index (Phi) is 4.11. The Balaban J connectivity index is 2.70. The van der Waals surface area contributed by atoms with Crippen molar-refractivity contribution in [3.8, 4) is 0 Å². The summed E-state index contributed by atoms with van der Waals surface area (Å²) >= 11 is 5.95. The number of rotatable bonds is 3. The average molecular weight is 241 g/mol. The Labute approximate surface area is 102 Å². The van der Waals surface area contributed by atoms with E-state index in [-0.39, 0.29) is 18.0 Å². The highest BCUT2D eigenvalue weighted by Gasteiger charge is 2.14. The van der Waals surface area contributed by atoms with Crippen molar-refractivity contribution in [2.45, 2.75) is 33.3 Å². The Bertz CT molecular complexity index is 391. The molecular weight excluding hydrogens is 224 g/mol. The van der Waals surface area contributed by atoms with Gasteiger partial charge in [0.25, 0.3) is 0 Å². The lowest BCUT2D eigenvalue weighted by atomic mass is 10.1. The molecule has 2 nitrogen and oxygen atoms in total. The largest absolute Gasteiger partial charge is 0.368 e. The van der Waals surface area contributed by atoms with Gasteiger partial charge in [-0.1, -0.05) is 23.7 Å². The van der Waals surface area contributed by atoms with Gasteiger partial charge < -0.3 is 4.74 Å². The van der Waals surface area contributed by atoms with Gasteiger partial charge in [-0.2, -0.15) is 0 Å². The van der Waals surface area contributed by atoms with Gasteiger partial charge in [0.1, 0.15) is 6.61 Å². The fourth-order valence-electron chi connectivity index (χ4n) is 1.13. The molecule has 0 N–H and O–H groups in total. The smallest absolute Gasteiger partial charge is 0.188 e. The van der Waals surface area contributed by atoms with Crippen molar-refractivity contribution in [1.82, 2.24) is 0 Å². The number of carbonyl (C=O) groups excluding carboxylic acids is 1. The molecule has 1 aromatic rings. The van der Waals surface area contributed by atoms with Gasteiger partial charge in [-0.05, 0) is 39.3 Å². The van der Waals surface area contributed by atoms with E-state index in [0.29, 0.717) is 10.6 Å². The predicted octanol–water partition coefficient (Wildman–Crippen LogP) is 3.65. The molecule has 0 saturated carbocycles. The molecule has 0 saturated heterocycles. The summed E-state index contributed by atoms with van der Waals surface area (Å²) in [4.78, 5) is 11.8. The van der Waals surface area contributed by atoms with Crippen LogP contribution in [0.5, 0.6) is 0 Å². The van der Waals surface area contributed by atoms with E-state index >= 15 is 0 Å². The molecule has 0 radical (unpaired) electrons. The van der Waals surface area contributed by atoms with Crippen LogP contribution in [0.1, 0.15) is 36.7 Å². The standard InChI is InChI=1S/C13H17ClO2/c1-9-5-6-10(7-11(9)14)12(15)8-16-13(2,3)4/h5-7H,8H2,1-4H3. The minimum atomic E-state index is -0.301. The van der Waals surface area contributed by atoms with Crippen LogP contribution in [-0.2, 0) is 4.74 Å². The molecule has 0 bridgehead atoms. The van der Waals surface area contributed by atoms with Crippen molar-refractivity contribution >= 4 is 17.4 Å². The zero-order valence-electron chi connectivity index (χ0n) is 10.1. The predicted molar refractivity (Wildman–Crippen MR) is 66.2 cm³/mol. The van der Waals surface area contributed by atoms with Gasteiger partial charge in [0.05, 0.1) is 5.60 Å². The van der Waals surface area contributed by atoms with Crippen molar-refractivity contribution in [2.24, 2.45) is 0 Å². The molecule has 1 rings (SSSR count). The molecule has 0 unspecified atom stereocenters. The van der Waals surface area contributed by atoms with E-state index in [1.165, 1.54) is 0 Å². The van der Waals surface area contributed by atoms with E-state index in [0.717, 1.165) is 5.56 Å². The number of benzene rings is 1. The van der Waals surface area contributed by atoms with E-state index in [4.69, 9.17) is 16.3 Å². The normalized spacial score (nSPS) is 11.6. The number of hydrogen-bond acceptors (Lipinski definition) is 2. The monoisotopic (exact) mass is 240 g/mol. The first-order valence-corrected chi connectivity index (χ1v) is 5.61. The van der Waals surface area contributed by atoms with Crippen LogP contribution in [0.3, 0.4) is 0 Å². The Hall–Kier alpha value is -0.860. The van der Waals surface area contributed by atoms with Gasteiger partial charge >= 0.3 is 0 Å². The van der Waals surface area contributed by atoms with E-state index in [1.54, 1.807) is 12.1 Å². The lowest BCUT2D eigenvalue weighted by Gasteiger charge is -2.18. The number of hydrogen-bond donors (Lipinski definition) is 0. The lowest BCUT2D eigenvalue weighted by Crippen LogP contribution is -2.23. The first kappa shape index (κ1) is 13.2. The molecule has 88 valence electrons. The summed E-state index contributed by atoms with van der Waals surface area (Å²) in [6.45, 7) is 7.75. The molecule has 0 aliphatic carbocycles. The van der Waals surface area contributed by atoms with Gasteiger partial charge in [0.2, 0.25) is 0 Å². The maximum absolute atomic E-state index is 11.8. The second kappa shape index (κ2) is 4.98. The van der Waals surface area contributed by atoms with Gasteiger partial charge in [-0.3, -0.25) is 4.79 Å². The highest BCUT2D eigenvalue weighted by molar-refractivity contribution is 6.31. The van der Waals surface area contributed by atoms with Crippen LogP contribution in [-0.4, -0.2) is 18.0 Å². The highest BCUT2D eigenvalue weighted by atomic mass is 35.5. The maximum atomic E-state index is 11.8. The minimum absolute atomic E-state index is 0.0446. The number of ether oxygens (including phenoxy) is 1. The highest BCUT2D eigenvalue weighted by Crippen LogP contribution is 2.17. The van der Waals surface area contributed by atoms with E-state index in [9.17, 15) is 4.79 Å². The van der Waals surface area contributed by atoms with Crippen molar-refractivity contribution in [1.29, 1.82) is 0 Å². The van der Waals surface area contributed by atoms with Gasteiger partial charge in [-0.15, -0.1) is 0 Å². The van der Waals surface area contributed by atoms with E-state index in [2.05, 4.69) is 0 Å². The molecule has 0 fully saturated rings. The summed E-state index contributed by atoms with van der Waals surface area (Å²) in [5.74, 6) is -0.0446. The summed E-state index contributed by atoms with van der Waals surface area (Å²) in [5.41, 5.74) is 1.26. The van der Waals surface area contributed by atoms with Crippen LogP contribution in [0.25, 0.3) is 0 Å². The zero-order valence-corrected chi connectivity index (χ0v) is 10.9. The summed E-state index contributed by atoms with van der Waals surface area (Å²) in [6.07, 6.45) is 0. The first-order valence-electron chi connectivity index (χ1n) is 5.23. The van der Waals surface area contributed by atoms with Crippen molar-refractivity contribution in [3.63, 3.8) is 0 Å². The summed E-state index contributed by atoms with van der Waals surface area (Å²) < 4.78 is 5.42. The van der Waals surface area contributed by atoms with Crippen molar-refractivity contribution in [3.05, 3.63) is 34.3 Å². The van der Waals surface area contributed by atoms with Crippen LogP contribution >= 0.6 is 11.6 Å². The number of aryl methyl sites for hydroxylation is 1. The molecule has 0 aliphatic heterocycles. The minimum Gasteiger partial charge on any atom is -0.368 e. The second-order valence-corrected chi connectivity index (χ2v) is 5.20. The molecular formula is C13H17ClO2. The third-order valence-corrected chi connectivity index (χ3v) is 2.54. The van der Waals surface area contributed by atoms with Crippen LogP contribution < -0.4 is 0 Å². The lowest BCUT2D eigenvalue weighted by molar-refractivity contribution is 0.00306. The quantitative estimate of drug-likeness (QED) is 0.754. The topological polar surface area (TPSA) is 26.3 Å². The second-order valence-electron chi connectivity index (χ2n) is 4.79. The Morgan fingerprint density at radius 1 is 1.38 bits per heavy atom. The third-order valence-electron chi connectivity index (χ3n) is 2.13. The summed E-state index contributed by atoms with van der Waals surface area (Å²) in [7, 11) is 0. The maximum Gasteiger partial charge on any atom is 0.188 e. The third kappa shape index (κ3) is 3.95. The van der Waals surface area contributed by atoms with E-state index < -0.39 is 0 Å². The SMILES string of the molecule is Cc1ccc(C(=O)COC(C)(C)C)cc1Cl. The van der Waals surface area contributed by atoms with Gasteiger partial charge in [-0.25, -0.2) is 0 Å². The van der Waals surface area contributed by atoms with Crippen LogP contribution in [0.4, 0.5) is 0 Å². The van der Waals surface area contributed by atoms with Crippen LogP contribution in [0.2, 0.25) is 5.02 Å². The number of Topliss-reactive ketones (excluding diaryl/α,β-unsaturated/α-hetero) is 1. The van der Waals surface area contributed by atoms with Crippen LogP contribution in [0, 0.1) is 6.92 Å². The fraction of sp³-hybridized carbons (Fsp3) is 0.462. The van der Waals surface area contributed by atoms with Gasteiger partial charge in [0, 0.05) is 10.6 Å².